The molecule has 0 unspecified atom stereocenters. The third-order valence-electron chi connectivity index (χ3n) is 3.29. The fraction of sp³-hybridized carbons (Fsp3) is 0.0714. The largest absolute Gasteiger partial charge is 0.349 e. The zero-order valence-corrected chi connectivity index (χ0v) is 12.5. The van der Waals surface area contributed by atoms with Crippen LogP contribution < -0.4 is 16.6 Å². The number of nitro benzene ring substituents is 2. The second-order valence-corrected chi connectivity index (χ2v) is 4.82. The molecule has 24 heavy (non-hydrogen) atoms. The lowest BCUT2D eigenvalue weighted by Crippen LogP contribution is -2.30. The lowest BCUT2D eigenvalue weighted by Gasteiger charge is -2.13. The molecule has 2 aromatic rings. The molecule has 2 aromatic carbocycles. The number of rotatable bonds is 5. The molecule has 124 valence electrons. The smallest absolute Gasteiger partial charge is 0.300 e. The molecule has 4 N–H and O–H groups in total. The Hall–Kier alpha value is -3.53. The summed E-state index contributed by atoms with van der Waals surface area (Å²) in [7, 11) is 0. The van der Waals surface area contributed by atoms with Gasteiger partial charge in [-0.05, 0) is 18.6 Å². The summed E-state index contributed by atoms with van der Waals surface area (Å²) in [5.74, 6) is 4.19. The van der Waals surface area contributed by atoms with Crippen molar-refractivity contribution in [2.24, 2.45) is 5.84 Å². The minimum absolute atomic E-state index is 0.178. The molecule has 0 aromatic heterocycles. The van der Waals surface area contributed by atoms with Gasteiger partial charge in [-0.3, -0.25) is 30.4 Å². The lowest BCUT2D eigenvalue weighted by molar-refractivity contribution is -0.393. The van der Waals surface area contributed by atoms with Crippen molar-refractivity contribution in [3.05, 3.63) is 67.8 Å². The summed E-state index contributed by atoms with van der Waals surface area (Å²) < 4.78 is 0. The van der Waals surface area contributed by atoms with Crippen LogP contribution in [-0.4, -0.2) is 15.8 Å². The number of para-hydroxylation sites is 1. The zero-order chi connectivity index (χ0) is 17.9. The molecule has 0 aliphatic carbocycles. The third-order valence-corrected chi connectivity index (χ3v) is 3.29. The molecule has 0 saturated carbocycles. The summed E-state index contributed by atoms with van der Waals surface area (Å²) in [5.41, 5.74) is 1.44. The highest BCUT2D eigenvalue weighted by Gasteiger charge is 2.27. The fourth-order valence-electron chi connectivity index (χ4n) is 2.10. The van der Waals surface area contributed by atoms with Crippen molar-refractivity contribution in [3.63, 3.8) is 0 Å². The van der Waals surface area contributed by atoms with Gasteiger partial charge in [0.25, 0.3) is 17.3 Å². The van der Waals surface area contributed by atoms with E-state index in [1.54, 1.807) is 31.2 Å². The fourth-order valence-corrected chi connectivity index (χ4v) is 2.10. The van der Waals surface area contributed by atoms with Crippen molar-refractivity contribution in [2.45, 2.75) is 6.92 Å². The number of nitrogens with one attached hydrogen (secondary N) is 2. The van der Waals surface area contributed by atoms with Crippen molar-refractivity contribution in [3.8, 4) is 0 Å². The molecule has 0 bridgehead atoms. The summed E-state index contributed by atoms with van der Waals surface area (Å²) in [5, 5.41) is 25.1. The van der Waals surface area contributed by atoms with Gasteiger partial charge in [0.15, 0.2) is 0 Å². The Morgan fingerprint density at radius 1 is 1.12 bits per heavy atom. The zero-order valence-electron chi connectivity index (χ0n) is 12.5. The van der Waals surface area contributed by atoms with E-state index < -0.39 is 27.1 Å². The van der Waals surface area contributed by atoms with Crippen LogP contribution in [0.1, 0.15) is 15.9 Å². The van der Waals surface area contributed by atoms with Crippen LogP contribution in [0.4, 0.5) is 22.7 Å². The minimum Gasteiger partial charge on any atom is -0.349 e. The number of nitrogens with zero attached hydrogens (tertiary/aromatic N) is 2. The Morgan fingerprint density at radius 2 is 1.79 bits per heavy atom. The summed E-state index contributed by atoms with van der Waals surface area (Å²) in [6.07, 6.45) is 0. The Morgan fingerprint density at radius 3 is 2.33 bits per heavy atom. The van der Waals surface area contributed by atoms with Crippen LogP contribution in [-0.2, 0) is 0 Å². The van der Waals surface area contributed by atoms with Crippen molar-refractivity contribution in [2.75, 3.05) is 5.32 Å². The van der Waals surface area contributed by atoms with Crippen LogP contribution in [0.15, 0.2) is 36.4 Å². The number of anilines is 2. The number of hydrogen-bond donors (Lipinski definition) is 3. The van der Waals surface area contributed by atoms with Gasteiger partial charge in [-0.15, -0.1) is 0 Å². The number of amides is 1. The topological polar surface area (TPSA) is 153 Å². The third kappa shape index (κ3) is 3.28. The number of nitrogen functional groups attached to an aromatic ring is 1. The van der Waals surface area contributed by atoms with Gasteiger partial charge in [-0.2, -0.15) is 0 Å². The van der Waals surface area contributed by atoms with Gasteiger partial charge in [0.1, 0.15) is 5.69 Å². The molecule has 0 spiro atoms. The van der Waals surface area contributed by atoms with Crippen LogP contribution in [0, 0.1) is 27.2 Å². The molecular weight excluding hydrogens is 318 g/mol. The van der Waals surface area contributed by atoms with Gasteiger partial charge >= 0.3 is 0 Å². The number of carbonyl (C=O) groups excluding carboxylic acids is 1. The molecule has 0 aliphatic rings. The minimum atomic E-state index is -0.891. The molecule has 1 amide bonds. The number of aryl methyl sites for hydroxylation is 1. The van der Waals surface area contributed by atoms with Crippen molar-refractivity contribution in [1.82, 2.24) is 5.43 Å². The highest BCUT2D eigenvalue weighted by atomic mass is 16.6. The average molecular weight is 331 g/mol. The summed E-state index contributed by atoms with van der Waals surface area (Å²) in [4.78, 5) is 32.6. The molecule has 0 atom stereocenters. The Bertz CT molecular complexity index is 836. The van der Waals surface area contributed by atoms with Gasteiger partial charge in [0.2, 0.25) is 0 Å². The van der Waals surface area contributed by atoms with Gasteiger partial charge in [-0.1, -0.05) is 18.2 Å². The predicted molar refractivity (Wildman–Crippen MR) is 85.9 cm³/mol. The van der Waals surface area contributed by atoms with E-state index in [2.05, 4.69) is 5.32 Å². The van der Waals surface area contributed by atoms with Crippen LogP contribution in [0.25, 0.3) is 0 Å². The standard InChI is InChI=1S/C14H13N5O5/c1-8-4-2-3-5-11(8)16-13-10(14(20)17-15)6-9(18(21)22)7-12(13)19(23)24/h2-7,16H,15H2,1H3,(H,17,20). The van der Waals surface area contributed by atoms with E-state index in [-0.39, 0.29) is 11.3 Å². The molecule has 0 fully saturated rings. The number of nitrogens with two attached hydrogens (primary N) is 1. The molecule has 0 aliphatic heterocycles. The predicted octanol–water partition coefficient (Wildman–Crippen LogP) is 2.16. The number of benzene rings is 2. The molecule has 2 rings (SSSR count). The van der Waals surface area contributed by atoms with E-state index in [0.717, 1.165) is 17.7 Å². The highest BCUT2D eigenvalue weighted by Crippen LogP contribution is 2.36. The van der Waals surface area contributed by atoms with Crippen molar-refractivity contribution >= 4 is 28.7 Å². The van der Waals surface area contributed by atoms with E-state index in [1.807, 2.05) is 5.43 Å². The molecule has 10 nitrogen and oxygen atoms in total. The first-order valence-corrected chi connectivity index (χ1v) is 6.65. The van der Waals surface area contributed by atoms with E-state index in [0.29, 0.717) is 5.69 Å². The second kappa shape index (κ2) is 6.71. The lowest BCUT2D eigenvalue weighted by atomic mass is 10.1. The van der Waals surface area contributed by atoms with Gasteiger partial charge in [0, 0.05) is 11.8 Å². The van der Waals surface area contributed by atoms with Gasteiger partial charge in [0.05, 0.1) is 21.5 Å². The van der Waals surface area contributed by atoms with Crippen molar-refractivity contribution < 1.29 is 14.6 Å². The Kier molecular flexibility index (Phi) is 4.70. The summed E-state index contributed by atoms with van der Waals surface area (Å²) in [6, 6.07) is 8.62. The number of carbonyl (C=O) groups is 1. The number of hydrogen-bond acceptors (Lipinski definition) is 7. The number of hydrazine groups is 1. The molecule has 10 heteroatoms. The van der Waals surface area contributed by atoms with Crippen LogP contribution >= 0.6 is 0 Å². The van der Waals surface area contributed by atoms with Gasteiger partial charge in [-0.25, -0.2) is 5.84 Å². The van der Waals surface area contributed by atoms with Crippen LogP contribution in [0.5, 0.6) is 0 Å². The number of non-ortho nitro benzene ring substituents is 1. The normalized spacial score (nSPS) is 10.1. The molecular formula is C14H13N5O5. The van der Waals surface area contributed by atoms with E-state index in [4.69, 9.17) is 5.84 Å². The number of nitro groups is 2. The maximum Gasteiger partial charge on any atom is 0.300 e. The maximum absolute atomic E-state index is 11.9. The Labute approximate surface area is 135 Å². The SMILES string of the molecule is Cc1ccccc1Nc1c(C(=O)NN)cc([N+](=O)[O-])cc1[N+](=O)[O-]. The maximum atomic E-state index is 11.9. The average Bonchev–Trinajstić information content (AvgIpc) is 2.55. The first-order valence-electron chi connectivity index (χ1n) is 6.65. The summed E-state index contributed by atoms with van der Waals surface area (Å²) in [6.45, 7) is 1.77. The first kappa shape index (κ1) is 16.8. The monoisotopic (exact) mass is 331 g/mol. The highest BCUT2D eigenvalue weighted by molar-refractivity contribution is 6.03. The van der Waals surface area contributed by atoms with E-state index in [1.165, 1.54) is 0 Å². The molecule has 0 heterocycles. The van der Waals surface area contributed by atoms with E-state index >= 15 is 0 Å². The quantitative estimate of drug-likeness (QED) is 0.328. The van der Waals surface area contributed by atoms with E-state index in [9.17, 15) is 25.0 Å². The van der Waals surface area contributed by atoms with Crippen LogP contribution in [0.3, 0.4) is 0 Å². The van der Waals surface area contributed by atoms with Gasteiger partial charge < -0.3 is 5.32 Å². The Balaban J connectivity index is 2.71. The second-order valence-electron chi connectivity index (χ2n) is 4.82. The molecule has 0 radical (unpaired) electrons. The van der Waals surface area contributed by atoms with Crippen molar-refractivity contribution in [1.29, 1.82) is 0 Å². The van der Waals surface area contributed by atoms with Crippen LogP contribution in [0.2, 0.25) is 0 Å². The summed E-state index contributed by atoms with van der Waals surface area (Å²) >= 11 is 0. The molecule has 0 saturated heterocycles. The first-order chi connectivity index (χ1) is 11.3.